The largest absolute Gasteiger partial charge is 0.276 e. The maximum atomic E-state index is 5.03. The highest BCUT2D eigenvalue weighted by molar-refractivity contribution is 5.98. The van der Waals surface area contributed by atoms with E-state index >= 15 is 0 Å². The predicted octanol–water partition coefficient (Wildman–Crippen LogP) is 5.86. The Hall–Kier alpha value is -3.72. The summed E-state index contributed by atoms with van der Waals surface area (Å²) in [4.78, 5) is 9.94. The second-order valence-corrected chi connectivity index (χ2v) is 6.77. The molecular weight excluding hydrogens is 330 g/mol. The third-order valence-electron chi connectivity index (χ3n) is 5.15. The van der Waals surface area contributed by atoms with Crippen molar-refractivity contribution in [3.63, 3.8) is 0 Å². The van der Waals surface area contributed by atoms with Crippen LogP contribution in [0.25, 0.3) is 49.7 Å². The van der Waals surface area contributed by atoms with Crippen molar-refractivity contribution in [1.29, 1.82) is 0 Å². The maximum absolute atomic E-state index is 5.03. The molecule has 0 atom stereocenters. The highest BCUT2D eigenvalue weighted by Crippen LogP contribution is 2.30. The van der Waals surface area contributed by atoms with Crippen LogP contribution in [0.5, 0.6) is 0 Å². The lowest BCUT2D eigenvalue weighted by Crippen LogP contribution is -1.98. The van der Waals surface area contributed by atoms with Gasteiger partial charge in [0, 0.05) is 10.9 Å². The number of fused-ring (bicyclic) bond motifs is 6. The van der Waals surface area contributed by atoms with E-state index in [0.29, 0.717) is 0 Å². The van der Waals surface area contributed by atoms with Crippen molar-refractivity contribution in [2.24, 2.45) is 0 Å². The van der Waals surface area contributed by atoms with Crippen LogP contribution in [0, 0.1) is 0 Å². The molecule has 6 aromatic rings. The van der Waals surface area contributed by atoms with Gasteiger partial charge in [-0.25, -0.2) is 9.97 Å². The molecule has 27 heavy (non-hydrogen) atoms. The van der Waals surface area contributed by atoms with Crippen molar-refractivity contribution < 1.29 is 0 Å². The molecule has 2 heterocycles. The summed E-state index contributed by atoms with van der Waals surface area (Å²) in [6.45, 7) is 0. The monoisotopic (exact) mass is 345 g/mol. The molecule has 126 valence electrons. The highest BCUT2D eigenvalue weighted by atomic mass is 15.1. The molecule has 0 amide bonds. The molecule has 0 aliphatic rings. The van der Waals surface area contributed by atoms with Crippen LogP contribution in [0.15, 0.2) is 91.0 Å². The van der Waals surface area contributed by atoms with Gasteiger partial charge in [-0.2, -0.15) is 0 Å². The van der Waals surface area contributed by atoms with Crippen LogP contribution in [-0.2, 0) is 0 Å². The Morgan fingerprint density at radius 2 is 1.33 bits per heavy atom. The van der Waals surface area contributed by atoms with Gasteiger partial charge in [-0.15, -0.1) is 0 Å². The van der Waals surface area contributed by atoms with Gasteiger partial charge in [0.05, 0.1) is 16.6 Å². The number of imidazole rings is 1. The molecule has 2 aromatic heterocycles. The van der Waals surface area contributed by atoms with E-state index in [1.54, 1.807) is 0 Å². The molecule has 0 aliphatic carbocycles. The lowest BCUT2D eigenvalue weighted by atomic mass is 10.1. The molecule has 0 unspecified atom stereocenters. The SMILES string of the molecule is c1ccc2cc(-c3nc4ccccc4c4nc5ccccc5n34)ccc2c1. The summed E-state index contributed by atoms with van der Waals surface area (Å²) in [7, 11) is 0. The van der Waals surface area contributed by atoms with E-state index in [4.69, 9.17) is 9.97 Å². The Labute approximate surface area is 155 Å². The van der Waals surface area contributed by atoms with E-state index in [2.05, 4.69) is 77.2 Å². The zero-order chi connectivity index (χ0) is 17.8. The van der Waals surface area contributed by atoms with Gasteiger partial charge in [0.2, 0.25) is 0 Å². The molecule has 0 radical (unpaired) electrons. The van der Waals surface area contributed by atoms with E-state index in [0.717, 1.165) is 39.0 Å². The number of rotatable bonds is 1. The fraction of sp³-hybridized carbons (Fsp3) is 0. The Kier molecular flexibility index (Phi) is 2.88. The van der Waals surface area contributed by atoms with E-state index < -0.39 is 0 Å². The summed E-state index contributed by atoms with van der Waals surface area (Å²) < 4.78 is 2.18. The number of hydrogen-bond acceptors (Lipinski definition) is 2. The minimum atomic E-state index is 0.920. The number of benzene rings is 4. The Bertz CT molecular complexity index is 1480. The summed E-state index contributed by atoms with van der Waals surface area (Å²) in [6, 6.07) is 31.4. The van der Waals surface area contributed by atoms with Crippen molar-refractivity contribution in [3.05, 3.63) is 91.0 Å². The average Bonchev–Trinajstić information content (AvgIpc) is 3.13. The van der Waals surface area contributed by atoms with Gasteiger partial charge in [0.1, 0.15) is 11.5 Å². The molecule has 0 fully saturated rings. The minimum Gasteiger partial charge on any atom is -0.276 e. The molecule has 0 aliphatic heterocycles. The summed E-state index contributed by atoms with van der Waals surface area (Å²) in [5, 5.41) is 3.51. The molecule has 3 heteroatoms. The van der Waals surface area contributed by atoms with Crippen molar-refractivity contribution in [2.45, 2.75) is 0 Å². The zero-order valence-corrected chi connectivity index (χ0v) is 14.5. The van der Waals surface area contributed by atoms with Crippen LogP contribution in [0.3, 0.4) is 0 Å². The van der Waals surface area contributed by atoms with Crippen molar-refractivity contribution in [3.8, 4) is 11.4 Å². The lowest BCUT2D eigenvalue weighted by molar-refractivity contribution is 1.16. The number of para-hydroxylation sites is 3. The van der Waals surface area contributed by atoms with Crippen LogP contribution >= 0.6 is 0 Å². The third kappa shape index (κ3) is 2.09. The molecular formula is C24H15N3. The predicted molar refractivity (Wildman–Crippen MR) is 111 cm³/mol. The molecule has 0 spiro atoms. The zero-order valence-electron chi connectivity index (χ0n) is 14.5. The molecule has 0 saturated carbocycles. The van der Waals surface area contributed by atoms with Gasteiger partial charge in [0.15, 0.2) is 0 Å². The van der Waals surface area contributed by atoms with Gasteiger partial charge in [0.25, 0.3) is 0 Å². The third-order valence-corrected chi connectivity index (χ3v) is 5.15. The van der Waals surface area contributed by atoms with E-state index in [1.165, 1.54) is 10.8 Å². The van der Waals surface area contributed by atoms with Gasteiger partial charge >= 0.3 is 0 Å². The quantitative estimate of drug-likeness (QED) is 0.374. The average molecular weight is 345 g/mol. The van der Waals surface area contributed by atoms with Crippen molar-refractivity contribution >= 4 is 38.4 Å². The highest BCUT2D eigenvalue weighted by Gasteiger charge is 2.15. The van der Waals surface area contributed by atoms with E-state index in [1.807, 2.05) is 18.2 Å². The maximum Gasteiger partial charge on any atom is 0.149 e. The van der Waals surface area contributed by atoms with Gasteiger partial charge in [-0.05, 0) is 41.1 Å². The van der Waals surface area contributed by atoms with E-state index in [9.17, 15) is 0 Å². The topological polar surface area (TPSA) is 30.2 Å². The summed E-state index contributed by atoms with van der Waals surface area (Å²) >= 11 is 0. The molecule has 0 saturated heterocycles. The second-order valence-electron chi connectivity index (χ2n) is 6.77. The molecule has 3 nitrogen and oxygen atoms in total. The van der Waals surface area contributed by atoms with E-state index in [-0.39, 0.29) is 0 Å². The summed E-state index contributed by atoms with van der Waals surface area (Å²) in [6.07, 6.45) is 0. The number of aromatic nitrogens is 3. The lowest BCUT2D eigenvalue weighted by Gasteiger charge is -2.10. The smallest absolute Gasteiger partial charge is 0.149 e. The van der Waals surface area contributed by atoms with Crippen molar-refractivity contribution in [2.75, 3.05) is 0 Å². The molecule has 4 aromatic carbocycles. The molecule has 0 N–H and O–H groups in total. The standard InChI is InChI=1S/C24H15N3/c1-2-8-17-15-18(14-13-16(17)7-1)23-25-20-10-4-3-9-19(20)24-26-21-11-5-6-12-22(21)27(23)24/h1-15H. The molecule has 0 bridgehead atoms. The first kappa shape index (κ1) is 14.4. The van der Waals surface area contributed by atoms with Crippen LogP contribution in [-0.4, -0.2) is 14.4 Å². The first-order valence-corrected chi connectivity index (χ1v) is 9.04. The first-order valence-electron chi connectivity index (χ1n) is 9.04. The van der Waals surface area contributed by atoms with Crippen molar-refractivity contribution in [1.82, 2.24) is 14.4 Å². The Morgan fingerprint density at radius 3 is 2.26 bits per heavy atom. The minimum absolute atomic E-state index is 0.920. The van der Waals surface area contributed by atoms with Crippen LogP contribution < -0.4 is 0 Å². The second kappa shape index (κ2) is 5.39. The fourth-order valence-electron chi connectivity index (χ4n) is 3.87. The fourth-order valence-corrected chi connectivity index (χ4v) is 3.87. The van der Waals surface area contributed by atoms with Gasteiger partial charge in [-0.1, -0.05) is 60.7 Å². The summed E-state index contributed by atoms with van der Waals surface area (Å²) in [5.41, 5.74) is 5.06. The number of nitrogens with zero attached hydrogens (tertiary/aromatic N) is 3. The number of hydrogen-bond donors (Lipinski definition) is 0. The first-order chi connectivity index (χ1) is 13.4. The normalized spacial score (nSPS) is 11.7. The molecule has 6 rings (SSSR count). The van der Waals surface area contributed by atoms with Gasteiger partial charge < -0.3 is 0 Å². The van der Waals surface area contributed by atoms with Crippen LogP contribution in [0.2, 0.25) is 0 Å². The Balaban J connectivity index is 1.80. The van der Waals surface area contributed by atoms with Crippen LogP contribution in [0.4, 0.5) is 0 Å². The summed E-state index contributed by atoms with van der Waals surface area (Å²) in [5.74, 6) is 0.920. The Morgan fingerprint density at radius 1 is 0.593 bits per heavy atom. The van der Waals surface area contributed by atoms with Crippen LogP contribution in [0.1, 0.15) is 0 Å². The van der Waals surface area contributed by atoms with Gasteiger partial charge in [-0.3, -0.25) is 4.40 Å².